The summed E-state index contributed by atoms with van der Waals surface area (Å²) in [5.74, 6) is -0.308. The van der Waals surface area contributed by atoms with E-state index >= 15 is 0 Å². The van der Waals surface area contributed by atoms with Gasteiger partial charge in [-0.25, -0.2) is 5.48 Å². The van der Waals surface area contributed by atoms with E-state index in [-0.39, 0.29) is 5.91 Å². The molecule has 1 amide bonds. The zero-order valence-electron chi connectivity index (χ0n) is 7.88. The Hall–Kier alpha value is -0.610. The molecule has 0 aliphatic heterocycles. The topological polar surface area (TPSA) is 75.4 Å². The molecule has 1 rings (SSSR count). The Morgan fingerprint density at radius 3 is 2.23 bits per heavy atom. The van der Waals surface area contributed by atoms with Crippen LogP contribution in [0, 0.1) is 5.41 Å². The van der Waals surface area contributed by atoms with Crippen molar-refractivity contribution >= 4 is 5.91 Å². The van der Waals surface area contributed by atoms with Gasteiger partial charge >= 0.3 is 0 Å². The van der Waals surface area contributed by atoms with Crippen molar-refractivity contribution in [1.29, 1.82) is 0 Å². The molecule has 0 heterocycles. The number of carbonyl (C=O) groups is 1. The van der Waals surface area contributed by atoms with Crippen molar-refractivity contribution in [1.82, 2.24) is 5.48 Å². The fourth-order valence-electron chi connectivity index (χ4n) is 2.05. The van der Waals surface area contributed by atoms with Crippen molar-refractivity contribution in [2.75, 3.05) is 6.54 Å². The van der Waals surface area contributed by atoms with Crippen LogP contribution in [0.5, 0.6) is 0 Å². The molecule has 13 heavy (non-hydrogen) atoms. The van der Waals surface area contributed by atoms with E-state index in [1.54, 1.807) is 5.48 Å². The molecule has 1 saturated carbocycles. The van der Waals surface area contributed by atoms with Crippen LogP contribution in [0.4, 0.5) is 0 Å². The number of carbonyl (C=O) groups excluding carboxylic acids is 1. The highest BCUT2D eigenvalue weighted by atomic mass is 16.5. The number of rotatable bonds is 2. The van der Waals surface area contributed by atoms with Crippen molar-refractivity contribution < 1.29 is 10.0 Å². The van der Waals surface area contributed by atoms with Crippen LogP contribution in [0.25, 0.3) is 0 Å². The molecule has 1 aliphatic rings. The number of amides is 1. The fraction of sp³-hybridized carbons (Fsp3) is 0.889. The molecule has 0 aromatic rings. The molecule has 0 atom stereocenters. The second-order valence-electron chi connectivity index (χ2n) is 3.84. The van der Waals surface area contributed by atoms with Gasteiger partial charge in [-0.2, -0.15) is 0 Å². The summed E-state index contributed by atoms with van der Waals surface area (Å²) in [4.78, 5) is 11.4. The summed E-state index contributed by atoms with van der Waals surface area (Å²) in [6.45, 7) is 0.333. The van der Waals surface area contributed by atoms with Crippen LogP contribution < -0.4 is 11.2 Å². The largest absolute Gasteiger partial charge is 0.329 e. The van der Waals surface area contributed by atoms with Crippen LogP contribution in [0.1, 0.15) is 38.5 Å². The molecule has 1 fully saturated rings. The lowest BCUT2D eigenvalue weighted by Crippen LogP contribution is -2.44. The third kappa shape index (κ3) is 2.19. The van der Waals surface area contributed by atoms with Crippen molar-refractivity contribution in [3.8, 4) is 0 Å². The maximum absolute atomic E-state index is 11.4. The summed E-state index contributed by atoms with van der Waals surface area (Å²) in [5, 5.41) is 8.62. The molecule has 0 saturated heterocycles. The highest BCUT2D eigenvalue weighted by Crippen LogP contribution is 2.34. The van der Waals surface area contributed by atoms with Crippen LogP contribution >= 0.6 is 0 Å². The number of hydroxylamine groups is 1. The average molecular weight is 186 g/mol. The predicted octanol–water partition coefficient (Wildman–Crippen LogP) is 0.791. The lowest BCUT2D eigenvalue weighted by molar-refractivity contribution is -0.140. The van der Waals surface area contributed by atoms with E-state index in [0.29, 0.717) is 6.54 Å². The number of hydrogen-bond acceptors (Lipinski definition) is 3. The quantitative estimate of drug-likeness (QED) is 0.339. The van der Waals surface area contributed by atoms with E-state index < -0.39 is 5.41 Å². The van der Waals surface area contributed by atoms with Gasteiger partial charge in [-0.1, -0.05) is 25.7 Å². The van der Waals surface area contributed by atoms with E-state index in [9.17, 15) is 4.79 Å². The van der Waals surface area contributed by atoms with Gasteiger partial charge in [-0.3, -0.25) is 10.0 Å². The molecule has 0 aromatic carbocycles. The van der Waals surface area contributed by atoms with Gasteiger partial charge in [-0.05, 0) is 12.8 Å². The maximum Gasteiger partial charge on any atom is 0.250 e. The van der Waals surface area contributed by atoms with Gasteiger partial charge in [0.05, 0.1) is 5.41 Å². The highest BCUT2D eigenvalue weighted by molar-refractivity contribution is 5.81. The molecule has 0 spiro atoms. The smallest absolute Gasteiger partial charge is 0.250 e. The Bertz CT molecular complexity index is 174. The lowest BCUT2D eigenvalue weighted by atomic mass is 9.80. The van der Waals surface area contributed by atoms with Crippen LogP contribution in [0.3, 0.4) is 0 Å². The SMILES string of the molecule is NCC1(C(=O)NO)CCCCCC1. The molecule has 76 valence electrons. The zero-order valence-corrected chi connectivity index (χ0v) is 7.88. The summed E-state index contributed by atoms with van der Waals surface area (Å²) in [7, 11) is 0. The molecule has 0 radical (unpaired) electrons. The van der Waals surface area contributed by atoms with Crippen LogP contribution in [-0.2, 0) is 4.79 Å². The molecule has 1 aliphatic carbocycles. The first-order valence-electron chi connectivity index (χ1n) is 4.90. The van der Waals surface area contributed by atoms with Gasteiger partial charge in [-0.15, -0.1) is 0 Å². The number of nitrogens with one attached hydrogen (secondary N) is 1. The van der Waals surface area contributed by atoms with Gasteiger partial charge in [0.1, 0.15) is 0 Å². The first-order valence-corrected chi connectivity index (χ1v) is 4.90. The van der Waals surface area contributed by atoms with Gasteiger partial charge in [0.2, 0.25) is 0 Å². The zero-order chi connectivity index (χ0) is 9.73. The Morgan fingerprint density at radius 1 is 1.31 bits per heavy atom. The average Bonchev–Trinajstić information content (AvgIpc) is 2.42. The fourth-order valence-corrected chi connectivity index (χ4v) is 2.05. The van der Waals surface area contributed by atoms with Gasteiger partial charge < -0.3 is 5.73 Å². The van der Waals surface area contributed by atoms with E-state index in [4.69, 9.17) is 10.9 Å². The second-order valence-corrected chi connectivity index (χ2v) is 3.84. The van der Waals surface area contributed by atoms with Gasteiger partial charge in [0, 0.05) is 6.54 Å². The van der Waals surface area contributed by atoms with Gasteiger partial charge in [0.15, 0.2) is 0 Å². The van der Waals surface area contributed by atoms with E-state index in [2.05, 4.69) is 0 Å². The Balaban J connectivity index is 2.70. The summed E-state index contributed by atoms with van der Waals surface area (Å²) < 4.78 is 0. The van der Waals surface area contributed by atoms with E-state index in [0.717, 1.165) is 25.7 Å². The van der Waals surface area contributed by atoms with E-state index in [1.165, 1.54) is 12.8 Å². The summed E-state index contributed by atoms with van der Waals surface area (Å²) >= 11 is 0. The number of nitrogens with two attached hydrogens (primary N) is 1. The highest BCUT2D eigenvalue weighted by Gasteiger charge is 2.36. The van der Waals surface area contributed by atoms with Gasteiger partial charge in [0.25, 0.3) is 5.91 Å². The van der Waals surface area contributed by atoms with Crippen molar-refractivity contribution in [3.63, 3.8) is 0 Å². The molecular weight excluding hydrogens is 168 g/mol. The van der Waals surface area contributed by atoms with Crippen molar-refractivity contribution in [2.45, 2.75) is 38.5 Å². The first kappa shape index (κ1) is 10.5. The molecule has 0 unspecified atom stereocenters. The summed E-state index contributed by atoms with van der Waals surface area (Å²) in [6.07, 6.45) is 6.00. The summed E-state index contributed by atoms with van der Waals surface area (Å²) in [6, 6.07) is 0. The third-order valence-electron chi connectivity index (χ3n) is 3.03. The summed E-state index contributed by atoms with van der Waals surface area (Å²) in [5.41, 5.74) is 6.84. The number of hydrogen-bond donors (Lipinski definition) is 3. The molecular formula is C9H18N2O2. The first-order chi connectivity index (χ1) is 6.25. The second kappa shape index (κ2) is 4.58. The normalized spacial score (nSPS) is 22.0. The molecule has 0 bridgehead atoms. The van der Waals surface area contributed by atoms with E-state index in [1.807, 2.05) is 0 Å². The minimum Gasteiger partial charge on any atom is -0.329 e. The van der Waals surface area contributed by atoms with Crippen molar-refractivity contribution in [2.24, 2.45) is 11.1 Å². The maximum atomic E-state index is 11.4. The third-order valence-corrected chi connectivity index (χ3v) is 3.03. The Kier molecular flexibility index (Phi) is 3.69. The molecule has 4 N–H and O–H groups in total. The Morgan fingerprint density at radius 2 is 1.85 bits per heavy atom. The lowest BCUT2D eigenvalue weighted by Gasteiger charge is -2.28. The predicted molar refractivity (Wildman–Crippen MR) is 49.1 cm³/mol. The Labute approximate surface area is 78.5 Å². The van der Waals surface area contributed by atoms with Crippen molar-refractivity contribution in [3.05, 3.63) is 0 Å². The standard InChI is InChI=1S/C9H18N2O2/c10-7-9(8(12)11-13)5-3-1-2-4-6-9/h13H,1-7,10H2,(H,11,12). The van der Waals surface area contributed by atoms with Crippen LogP contribution in [0.2, 0.25) is 0 Å². The van der Waals surface area contributed by atoms with Crippen LogP contribution in [-0.4, -0.2) is 17.7 Å². The monoisotopic (exact) mass is 186 g/mol. The minimum atomic E-state index is -0.509. The van der Waals surface area contributed by atoms with Crippen LogP contribution in [0.15, 0.2) is 0 Å². The molecule has 4 heteroatoms. The molecule has 0 aromatic heterocycles. The minimum absolute atomic E-state index is 0.308. The molecule has 4 nitrogen and oxygen atoms in total.